The Morgan fingerprint density at radius 3 is 2.18 bits per heavy atom. The molecular weight excluding hydrogens is 422 g/mol. The SMILES string of the molecule is COc1ccccc1N1C(=O)c2ccc(C(=O)O[C@H](C)C(=O)c3ccc(C)cc3)cc2C1=O. The smallest absolute Gasteiger partial charge is 0.338 e. The molecule has 1 heterocycles. The van der Waals surface area contributed by atoms with Crippen molar-refractivity contribution in [1.29, 1.82) is 0 Å². The van der Waals surface area contributed by atoms with Crippen molar-refractivity contribution in [3.63, 3.8) is 0 Å². The average Bonchev–Trinajstić information content (AvgIpc) is 3.08. The van der Waals surface area contributed by atoms with Gasteiger partial charge >= 0.3 is 5.97 Å². The highest BCUT2D eigenvalue weighted by Crippen LogP contribution is 2.35. The number of hydrogen-bond donors (Lipinski definition) is 0. The van der Waals surface area contributed by atoms with Gasteiger partial charge in [0.15, 0.2) is 6.10 Å². The molecule has 166 valence electrons. The monoisotopic (exact) mass is 443 g/mol. The average molecular weight is 443 g/mol. The zero-order valence-electron chi connectivity index (χ0n) is 18.3. The van der Waals surface area contributed by atoms with E-state index in [-0.39, 0.29) is 22.5 Å². The topological polar surface area (TPSA) is 90.0 Å². The van der Waals surface area contributed by atoms with E-state index >= 15 is 0 Å². The fourth-order valence-electron chi connectivity index (χ4n) is 3.64. The highest BCUT2D eigenvalue weighted by molar-refractivity contribution is 6.35. The summed E-state index contributed by atoms with van der Waals surface area (Å²) in [6, 6.07) is 17.8. The van der Waals surface area contributed by atoms with Gasteiger partial charge in [-0.2, -0.15) is 0 Å². The summed E-state index contributed by atoms with van der Waals surface area (Å²) in [4.78, 5) is 52.2. The number of aryl methyl sites for hydroxylation is 1. The van der Waals surface area contributed by atoms with E-state index in [0.717, 1.165) is 10.5 Å². The summed E-state index contributed by atoms with van der Waals surface area (Å²) in [6.45, 7) is 3.40. The Bertz CT molecular complexity index is 1280. The van der Waals surface area contributed by atoms with E-state index in [1.54, 1.807) is 48.5 Å². The number of Topliss-reactive ketones (excluding diaryl/α,β-unsaturated/α-hetero) is 1. The van der Waals surface area contributed by atoms with Gasteiger partial charge in [0.05, 0.1) is 29.5 Å². The molecule has 0 spiro atoms. The Morgan fingerprint density at radius 2 is 1.48 bits per heavy atom. The maximum absolute atomic E-state index is 13.0. The number of amides is 2. The van der Waals surface area contributed by atoms with Gasteiger partial charge in [-0.15, -0.1) is 0 Å². The second-order valence-electron chi connectivity index (χ2n) is 7.66. The summed E-state index contributed by atoms with van der Waals surface area (Å²) in [5, 5.41) is 0. The van der Waals surface area contributed by atoms with E-state index in [0.29, 0.717) is 17.0 Å². The number of hydrogen-bond acceptors (Lipinski definition) is 6. The number of methoxy groups -OCH3 is 1. The third-order valence-electron chi connectivity index (χ3n) is 5.44. The number of carbonyl (C=O) groups excluding carboxylic acids is 4. The molecule has 1 atom stereocenters. The van der Waals surface area contributed by atoms with Crippen molar-refractivity contribution < 1.29 is 28.7 Å². The van der Waals surface area contributed by atoms with Gasteiger partial charge < -0.3 is 9.47 Å². The number of imide groups is 1. The first-order valence-corrected chi connectivity index (χ1v) is 10.3. The Morgan fingerprint density at radius 1 is 0.848 bits per heavy atom. The second-order valence-corrected chi connectivity index (χ2v) is 7.66. The van der Waals surface area contributed by atoms with Gasteiger partial charge in [0, 0.05) is 5.56 Å². The Labute approximate surface area is 190 Å². The molecule has 0 saturated heterocycles. The lowest BCUT2D eigenvalue weighted by molar-refractivity contribution is 0.0318. The molecule has 0 aliphatic carbocycles. The second kappa shape index (κ2) is 8.70. The van der Waals surface area contributed by atoms with Crippen LogP contribution in [0.2, 0.25) is 0 Å². The van der Waals surface area contributed by atoms with Crippen LogP contribution in [0.25, 0.3) is 0 Å². The van der Waals surface area contributed by atoms with Gasteiger partial charge in [-0.3, -0.25) is 14.4 Å². The summed E-state index contributed by atoms with van der Waals surface area (Å²) in [6.07, 6.45) is -1.02. The molecule has 0 saturated carbocycles. The minimum absolute atomic E-state index is 0.0698. The minimum atomic E-state index is -1.02. The summed E-state index contributed by atoms with van der Waals surface area (Å²) >= 11 is 0. The van der Waals surface area contributed by atoms with Gasteiger partial charge in [-0.1, -0.05) is 42.0 Å². The summed E-state index contributed by atoms with van der Waals surface area (Å²) < 4.78 is 10.6. The van der Waals surface area contributed by atoms with E-state index in [2.05, 4.69) is 0 Å². The van der Waals surface area contributed by atoms with Crippen molar-refractivity contribution in [2.45, 2.75) is 20.0 Å². The number of para-hydroxylation sites is 2. The number of carbonyl (C=O) groups is 4. The molecule has 0 radical (unpaired) electrons. The zero-order valence-corrected chi connectivity index (χ0v) is 18.3. The molecule has 0 aromatic heterocycles. The molecule has 2 amide bonds. The maximum Gasteiger partial charge on any atom is 0.338 e. The fourth-order valence-corrected chi connectivity index (χ4v) is 3.64. The van der Waals surface area contributed by atoms with Crippen molar-refractivity contribution in [2.75, 3.05) is 12.0 Å². The number of nitrogens with zero attached hydrogens (tertiary/aromatic N) is 1. The zero-order chi connectivity index (χ0) is 23.7. The lowest BCUT2D eigenvalue weighted by Gasteiger charge is -2.16. The van der Waals surface area contributed by atoms with Gasteiger partial charge in [0.25, 0.3) is 11.8 Å². The van der Waals surface area contributed by atoms with Crippen molar-refractivity contribution in [3.05, 3.63) is 94.5 Å². The van der Waals surface area contributed by atoms with Crippen LogP contribution >= 0.6 is 0 Å². The van der Waals surface area contributed by atoms with Crippen LogP contribution in [0.1, 0.15) is 53.9 Å². The number of rotatable bonds is 6. The van der Waals surface area contributed by atoms with Gasteiger partial charge in [0.2, 0.25) is 5.78 Å². The standard InChI is InChI=1S/C26H21NO6/c1-15-8-10-17(11-9-15)23(28)16(2)33-26(31)18-12-13-19-20(14-18)25(30)27(24(19)29)21-6-4-5-7-22(21)32-3/h4-14,16H,1-3H3/t16-/m1/s1. The molecule has 7 nitrogen and oxygen atoms in total. The lowest BCUT2D eigenvalue weighted by Crippen LogP contribution is -2.29. The van der Waals surface area contributed by atoms with Crippen molar-refractivity contribution >= 4 is 29.3 Å². The van der Waals surface area contributed by atoms with E-state index in [1.807, 2.05) is 6.92 Å². The number of ketones is 1. The van der Waals surface area contributed by atoms with Crippen molar-refractivity contribution in [3.8, 4) is 5.75 Å². The van der Waals surface area contributed by atoms with E-state index in [4.69, 9.17) is 9.47 Å². The summed E-state index contributed by atoms with van der Waals surface area (Å²) in [5.74, 6) is -1.81. The molecule has 33 heavy (non-hydrogen) atoms. The molecule has 0 unspecified atom stereocenters. The lowest BCUT2D eigenvalue weighted by atomic mass is 10.0. The van der Waals surface area contributed by atoms with Crippen molar-refractivity contribution in [2.24, 2.45) is 0 Å². The van der Waals surface area contributed by atoms with Gasteiger partial charge in [-0.25, -0.2) is 9.69 Å². The normalized spacial score (nSPS) is 13.5. The van der Waals surface area contributed by atoms with E-state index < -0.39 is 23.9 Å². The van der Waals surface area contributed by atoms with Crippen LogP contribution in [-0.4, -0.2) is 36.8 Å². The number of esters is 1. The van der Waals surface area contributed by atoms with Crippen LogP contribution in [-0.2, 0) is 4.74 Å². The summed E-state index contributed by atoms with van der Waals surface area (Å²) in [5.41, 5.74) is 2.08. The Kier molecular flexibility index (Phi) is 5.79. The first kappa shape index (κ1) is 22.0. The van der Waals surface area contributed by atoms with Gasteiger partial charge in [0.1, 0.15) is 5.75 Å². The number of ether oxygens (including phenoxy) is 2. The predicted octanol–water partition coefficient (Wildman–Crippen LogP) is 4.23. The highest BCUT2D eigenvalue weighted by Gasteiger charge is 2.38. The number of fused-ring (bicyclic) bond motifs is 1. The molecule has 1 aliphatic heterocycles. The predicted molar refractivity (Wildman–Crippen MR) is 121 cm³/mol. The van der Waals surface area contributed by atoms with Crippen molar-refractivity contribution in [1.82, 2.24) is 0 Å². The van der Waals surface area contributed by atoms with E-state index in [1.165, 1.54) is 32.2 Å². The summed E-state index contributed by atoms with van der Waals surface area (Å²) in [7, 11) is 1.45. The van der Waals surface area contributed by atoms with Crippen LogP contribution in [0.4, 0.5) is 5.69 Å². The third-order valence-corrected chi connectivity index (χ3v) is 5.44. The Balaban J connectivity index is 1.56. The van der Waals surface area contributed by atoms with Gasteiger partial charge in [-0.05, 0) is 44.2 Å². The molecule has 1 aliphatic rings. The first-order chi connectivity index (χ1) is 15.8. The number of benzene rings is 3. The first-order valence-electron chi connectivity index (χ1n) is 10.3. The highest BCUT2D eigenvalue weighted by atomic mass is 16.5. The van der Waals surface area contributed by atoms with Crippen LogP contribution in [0.15, 0.2) is 66.7 Å². The molecule has 0 fully saturated rings. The molecule has 0 bridgehead atoms. The Hall–Kier alpha value is -4.26. The molecule has 4 rings (SSSR count). The molecular formula is C26H21NO6. The fraction of sp³-hybridized carbons (Fsp3) is 0.154. The number of anilines is 1. The molecule has 3 aromatic rings. The quantitative estimate of drug-likeness (QED) is 0.322. The minimum Gasteiger partial charge on any atom is -0.495 e. The maximum atomic E-state index is 13.0. The van der Waals surface area contributed by atoms with E-state index in [9.17, 15) is 19.2 Å². The van der Waals surface area contributed by atoms with Crippen LogP contribution in [0.3, 0.4) is 0 Å². The third kappa shape index (κ3) is 4.01. The van der Waals surface area contributed by atoms with Crippen LogP contribution in [0, 0.1) is 6.92 Å². The van der Waals surface area contributed by atoms with Crippen LogP contribution in [0.5, 0.6) is 5.75 Å². The largest absolute Gasteiger partial charge is 0.495 e. The molecule has 7 heteroatoms. The molecule has 0 N–H and O–H groups in total. The molecule has 3 aromatic carbocycles. The van der Waals surface area contributed by atoms with Crippen LogP contribution < -0.4 is 9.64 Å².